The molecule has 0 aliphatic carbocycles. The first-order valence-corrected chi connectivity index (χ1v) is 7.04. The van der Waals surface area contributed by atoms with E-state index in [9.17, 15) is 4.39 Å². The quantitative estimate of drug-likeness (QED) is 0.825. The van der Waals surface area contributed by atoms with Gasteiger partial charge in [0.15, 0.2) is 0 Å². The zero-order chi connectivity index (χ0) is 14.2. The number of rotatable bonds is 2. The van der Waals surface area contributed by atoms with Gasteiger partial charge in [0, 0.05) is 5.02 Å². The second kappa shape index (κ2) is 5.61. The molecule has 0 spiro atoms. The summed E-state index contributed by atoms with van der Waals surface area (Å²) in [6.07, 6.45) is 0. The molecule has 2 aromatic carbocycles. The molecular formula is C15H14BrClFN. The minimum atomic E-state index is -0.436. The molecule has 1 nitrogen and oxygen atoms in total. The Kier molecular flexibility index (Phi) is 4.29. The zero-order valence-corrected chi connectivity index (χ0v) is 13.0. The van der Waals surface area contributed by atoms with Gasteiger partial charge in [0.05, 0.1) is 10.5 Å². The highest BCUT2D eigenvalue weighted by Gasteiger charge is 2.15. The van der Waals surface area contributed by atoms with Crippen molar-refractivity contribution in [3.05, 3.63) is 67.9 Å². The summed E-state index contributed by atoms with van der Waals surface area (Å²) in [4.78, 5) is 0. The molecular weight excluding hydrogens is 329 g/mol. The molecule has 0 bridgehead atoms. The van der Waals surface area contributed by atoms with Crippen LogP contribution in [-0.4, -0.2) is 0 Å². The van der Waals surface area contributed by atoms with Gasteiger partial charge in [-0.1, -0.05) is 23.7 Å². The molecule has 2 rings (SSSR count). The number of nitrogens with two attached hydrogens (primary N) is 1. The average Bonchev–Trinajstić information content (AvgIpc) is 2.36. The van der Waals surface area contributed by atoms with E-state index in [1.54, 1.807) is 12.1 Å². The van der Waals surface area contributed by atoms with Crippen molar-refractivity contribution in [3.8, 4) is 0 Å². The molecule has 0 fully saturated rings. The van der Waals surface area contributed by atoms with E-state index in [0.29, 0.717) is 15.1 Å². The van der Waals surface area contributed by atoms with Crippen LogP contribution in [0.2, 0.25) is 5.02 Å². The van der Waals surface area contributed by atoms with Crippen LogP contribution in [-0.2, 0) is 0 Å². The molecule has 0 saturated heterocycles. The van der Waals surface area contributed by atoms with E-state index in [4.69, 9.17) is 17.3 Å². The predicted molar refractivity (Wildman–Crippen MR) is 81.1 cm³/mol. The largest absolute Gasteiger partial charge is 0.320 e. The Balaban J connectivity index is 2.46. The predicted octanol–water partition coefficient (Wildman–Crippen LogP) is 4.91. The van der Waals surface area contributed by atoms with E-state index in [1.807, 2.05) is 26.0 Å². The van der Waals surface area contributed by atoms with E-state index in [2.05, 4.69) is 15.9 Å². The van der Waals surface area contributed by atoms with Crippen LogP contribution in [0.4, 0.5) is 4.39 Å². The minimum absolute atomic E-state index is 0.326. The summed E-state index contributed by atoms with van der Waals surface area (Å²) in [5.41, 5.74) is 9.93. The Morgan fingerprint density at radius 3 is 2.42 bits per heavy atom. The van der Waals surface area contributed by atoms with Crippen LogP contribution >= 0.6 is 27.5 Å². The average molecular weight is 343 g/mol. The molecule has 4 heteroatoms. The van der Waals surface area contributed by atoms with Gasteiger partial charge in [-0.3, -0.25) is 0 Å². The second-order valence-electron chi connectivity index (χ2n) is 4.61. The fraction of sp³-hybridized carbons (Fsp3) is 0.200. The monoisotopic (exact) mass is 341 g/mol. The zero-order valence-electron chi connectivity index (χ0n) is 10.7. The summed E-state index contributed by atoms with van der Waals surface area (Å²) in [5.74, 6) is -0.326. The molecule has 1 unspecified atom stereocenters. The Bertz CT molecular complexity index is 628. The van der Waals surface area contributed by atoms with Crippen LogP contribution in [0.15, 0.2) is 34.8 Å². The van der Waals surface area contributed by atoms with Gasteiger partial charge in [-0.2, -0.15) is 0 Å². The Labute approximate surface area is 125 Å². The fourth-order valence-corrected chi connectivity index (χ4v) is 2.51. The maximum atomic E-state index is 13.6. The molecule has 0 saturated carbocycles. The van der Waals surface area contributed by atoms with Gasteiger partial charge >= 0.3 is 0 Å². The van der Waals surface area contributed by atoms with Crippen LogP contribution in [0.25, 0.3) is 0 Å². The van der Waals surface area contributed by atoms with Crippen molar-refractivity contribution >= 4 is 27.5 Å². The van der Waals surface area contributed by atoms with Crippen molar-refractivity contribution in [1.82, 2.24) is 0 Å². The number of benzene rings is 2. The Morgan fingerprint density at radius 2 is 1.79 bits per heavy atom. The standard InChI is InChI=1S/C15H14BrClFN/c1-8-5-11(13(17)6-9(8)2)15(19)10-3-4-12(16)14(18)7-10/h3-7,15H,19H2,1-2H3. The molecule has 0 aliphatic rings. The van der Waals surface area contributed by atoms with E-state index >= 15 is 0 Å². The summed E-state index contributed by atoms with van der Waals surface area (Å²) in [6, 6.07) is 8.29. The summed E-state index contributed by atoms with van der Waals surface area (Å²) >= 11 is 9.36. The molecule has 2 aromatic rings. The van der Waals surface area contributed by atoms with Gasteiger partial charge in [-0.15, -0.1) is 0 Å². The second-order valence-corrected chi connectivity index (χ2v) is 5.87. The van der Waals surface area contributed by atoms with Crippen LogP contribution in [0, 0.1) is 19.7 Å². The smallest absolute Gasteiger partial charge is 0.137 e. The number of hydrogen-bond acceptors (Lipinski definition) is 1. The molecule has 0 aromatic heterocycles. The van der Waals surface area contributed by atoms with Crippen LogP contribution in [0.5, 0.6) is 0 Å². The van der Waals surface area contributed by atoms with Gasteiger partial charge in [0.2, 0.25) is 0 Å². The highest BCUT2D eigenvalue weighted by molar-refractivity contribution is 9.10. The summed E-state index contributed by atoms with van der Waals surface area (Å²) in [6.45, 7) is 4.00. The molecule has 0 aliphatic heterocycles. The van der Waals surface area contributed by atoms with Crippen molar-refractivity contribution < 1.29 is 4.39 Å². The lowest BCUT2D eigenvalue weighted by atomic mass is 9.96. The third-order valence-corrected chi connectivity index (χ3v) is 4.22. The van der Waals surface area contributed by atoms with Crippen molar-refractivity contribution in [2.24, 2.45) is 5.73 Å². The highest BCUT2D eigenvalue weighted by Crippen LogP contribution is 2.30. The minimum Gasteiger partial charge on any atom is -0.320 e. The summed E-state index contributed by atoms with van der Waals surface area (Å²) in [5, 5.41) is 0.610. The highest BCUT2D eigenvalue weighted by atomic mass is 79.9. The summed E-state index contributed by atoms with van der Waals surface area (Å²) in [7, 11) is 0. The first kappa shape index (κ1) is 14.5. The maximum absolute atomic E-state index is 13.6. The lowest BCUT2D eigenvalue weighted by Gasteiger charge is -2.16. The molecule has 1 atom stereocenters. The van der Waals surface area contributed by atoms with Crippen LogP contribution < -0.4 is 5.73 Å². The van der Waals surface area contributed by atoms with Gasteiger partial charge in [0.1, 0.15) is 5.82 Å². The molecule has 100 valence electrons. The topological polar surface area (TPSA) is 26.0 Å². The number of halogens is 3. The normalized spacial score (nSPS) is 12.5. The van der Waals surface area contributed by atoms with Crippen molar-refractivity contribution in [3.63, 3.8) is 0 Å². The van der Waals surface area contributed by atoms with Gasteiger partial charge in [-0.25, -0.2) is 4.39 Å². The molecule has 0 amide bonds. The fourth-order valence-electron chi connectivity index (χ4n) is 1.93. The molecule has 19 heavy (non-hydrogen) atoms. The van der Waals surface area contributed by atoms with Gasteiger partial charge < -0.3 is 5.73 Å². The third kappa shape index (κ3) is 2.99. The Morgan fingerprint density at radius 1 is 1.16 bits per heavy atom. The molecule has 2 N–H and O–H groups in total. The van der Waals surface area contributed by atoms with E-state index < -0.39 is 6.04 Å². The van der Waals surface area contributed by atoms with Gasteiger partial charge in [0.25, 0.3) is 0 Å². The third-order valence-electron chi connectivity index (χ3n) is 3.25. The van der Waals surface area contributed by atoms with Crippen molar-refractivity contribution in [1.29, 1.82) is 0 Å². The SMILES string of the molecule is Cc1cc(Cl)c(C(N)c2ccc(Br)c(F)c2)cc1C. The first-order chi connectivity index (χ1) is 8.90. The first-order valence-electron chi connectivity index (χ1n) is 5.87. The lowest BCUT2D eigenvalue weighted by Crippen LogP contribution is -2.13. The van der Waals surface area contributed by atoms with E-state index in [-0.39, 0.29) is 5.82 Å². The number of hydrogen-bond donors (Lipinski definition) is 1. The maximum Gasteiger partial charge on any atom is 0.137 e. The van der Waals surface area contributed by atoms with E-state index in [0.717, 1.165) is 16.7 Å². The molecule has 0 radical (unpaired) electrons. The van der Waals surface area contributed by atoms with E-state index in [1.165, 1.54) is 6.07 Å². The van der Waals surface area contributed by atoms with Crippen molar-refractivity contribution in [2.75, 3.05) is 0 Å². The van der Waals surface area contributed by atoms with Crippen molar-refractivity contribution in [2.45, 2.75) is 19.9 Å². The summed E-state index contributed by atoms with van der Waals surface area (Å²) < 4.78 is 14.0. The van der Waals surface area contributed by atoms with Crippen LogP contribution in [0.1, 0.15) is 28.3 Å². The lowest BCUT2D eigenvalue weighted by molar-refractivity contribution is 0.617. The van der Waals surface area contributed by atoms with Gasteiger partial charge in [-0.05, 0) is 70.2 Å². The molecule has 0 heterocycles. The Hall–Kier alpha value is -0.900. The van der Waals surface area contributed by atoms with Crippen LogP contribution in [0.3, 0.4) is 0 Å². The number of aryl methyl sites for hydroxylation is 2.